The third kappa shape index (κ3) is 1.57. The Hall–Kier alpha value is -1.68. The van der Waals surface area contributed by atoms with Crippen molar-refractivity contribution in [1.29, 1.82) is 0 Å². The Morgan fingerprint density at radius 3 is 3.00 bits per heavy atom. The Bertz CT molecular complexity index is 380. The number of hydrogen-bond acceptors (Lipinski definition) is 3. The maximum absolute atomic E-state index is 5.44. The monoisotopic (exact) mass is 174 g/mol. The van der Waals surface area contributed by atoms with E-state index in [0.717, 1.165) is 11.4 Å². The highest BCUT2D eigenvalue weighted by molar-refractivity contribution is 5.53. The summed E-state index contributed by atoms with van der Waals surface area (Å²) in [6.07, 6.45) is 3.57. The van der Waals surface area contributed by atoms with Crippen molar-refractivity contribution >= 4 is 0 Å². The van der Waals surface area contributed by atoms with Gasteiger partial charge in [0.25, 0.3) is 0 Å². The molecule has 0 atom stereocenters. The van der Waals surface area contributed by atoms with Gasteiger partial charge in [0.2, 0.25) is 0 Å². The highest BCUT2D eigenvalue weighted by Crippen LogP contribution is 2.12. The van der Waals surface area contributed by atoms with Crippen LogP contribution in [-0.4, -0.2) is 15.0 Å². The fraction of sp³-hybridized carbons (Fsp3) is 0.111. The third-order valence-corrected chi connectivity index (χ3v) is 1.76. The predicted octanol–water partition coefficient (Wildman–Crippen LogP) is 0.930. The van der Waals surface area contributed by atoms with Crippen molar-refractivity contribution in [3.63, 3.8) is 0 Å². The third-order valence-electron chi connectivity index (χ3n) is 1.76. The summed E-state index contributed by atoms with van der Waals surface area (Å²) in [4.78, 5) is 11.4. The minimum Gasteiger partial charge on any atom is -0.360 e. The van der Waals surface area contributed by atoms with E-state index in [2.05, 4.69) is 15.0 Å². The maximum Gasteiger partial charge on any atom is 0.142 e. The first-order valence-corrected chi connectivity index (χ1v) is 4.06. The Morgan fingerprint density at radius 2 is 2.31 bits per heavy atom. The molecule has 0 aromatic carbocycles. The van der Waals surface area contributed by atoms with Crippen LogP contribution < -0.4 is 5.73 Å². The maximum atomic E-state index is 5.44. The van der Waals surface area contributed by atoms with E-state index in [1.807, 2.05) is 24.4 Å². The van der Waals surface area contributed by atoms with Gasteiger partial charge in [0.15, 0.2) is 0 Å². The number of nitrogens with two attached hydrogens (primary N) is 1. The van der Waals surface area contributed by atoms with Crippen LogP contribution in [0.3, 0.4) is 0 Å². The van der Waals surface area contributed by atoms with Crippen LogP contribution in [0.1, 0.15) is 5.82 Å². The summed E-state index contributed by atoms with van der Waals surface area (Å²) in [6.45, 7) is 0.370. The summed E-state index contributed by atoms with van der Waals surface area (Å²) in [5.41, 5.74) is 7.30. The Balaban J connectivity index is 2.41. The van der Waals surface area contributed by atoms with Crippen LogP contribution in [0.4, 0.5) is 0 Å². The van der Waals surface area contributed by atoms with E-state index < -0.39 is 0 Å². The van der Waals surface area contributed by atoms with Gasteiger partial charge in [0, 0.05) is 12.4 Å². The van der Waals surface area contributed by atoms with E-state index in [1.54, 1.807) is 6.20 Å². The first-order valence-electron chi connectivity index (χ1n) is 4.06. The van der Waals surface area contributed by atoms with Gasteiger partial charge in [-0.1, -0.05) is 0 Å². The van der Waals surface area contributed by atoms with Gasteiger partial charge in [-0.2, -0.15) is 0 Å². The van der Waals surface area contributed by atoms with Crippen molar-refractivity contribution in [2.24, 2.45) is 5.73 Å². The Labute approximate surface area is 75.8 Å². The molecule has 3 N–H and O–H groups in total. The van der Waals surface area contributed by atoms with Crippen LogP contribution in [0.15, 0.2) is 30.6 Å². The van der Waals surface area contributed by atoms with Crippen LogP contribution in [0.25, 0.3) is 11.4 Å². The summed E-state index contributed by atoms with van der Waals surface area (Å²) in [5.74, 6) is 0.659. The SMILES string of the molecule is NCc1nccc(-c2ccc[nH]2)n1. The molecule has 0 saturated carbocycles. The van der Waals surface area contributed by atoms with Crippen molar-refractivity contribution in [3.05, 3.63) is 36.4 Å². The zero-order chi connectivity index (χ0) is 9.10. The second-order valence-electron chi connectivity index (χ2n) is 2.65. The molecule has 66 valence electrons. The van der Waals surface area contributed by atoms with Gasteiger partial charge in [-0.15, -0.1) is 0 Å². The molecule has 0 fully saturated rings. The highest BCUT2D eigenvalue weighted by Gasteiger charge is 2.00. The summed E-state index contributed by atoms with van der Waals surface area (Å²) >= 11 is 0. The fourth-order valence-electron chi connectivity index (χ4n) is 1.14. The standard InChI is InChI=1S/C9H10N4/c10-6-9-12-5-3-8(13-9)7-2-1-4-11-7/h1-5,11H,6,10H2. The minimum atomic E-state index is 0.370. The van der Waals surface area contributed by atoms with Gasteiger partial charge in [0.05, 0.1) is 17.9 Å². The molecule has 0 aliphatic carbocycles. The van der Waals surface area contributed by atoms with E-state index in [9.17, 15) is 0 Å². The molecule has 0 aliphatic rings. The molecule has 0 unspecified atom stereocenters. The second-order valence-corrected chi connectivity index (χ2v) is 2.65. The molecule has 0 bridgehead atoms. The van der Waals surface area contributed by atoms with E-state index in [0.29, 0.717) is 12.4 Å². The molecule has 0 amide bonds. The number of H-pyrrole nitrogens is 1. The largest absolute Gasteiger partial charge is 0.360 e. The van der Waals surface area contributed by atoms with Crippen molar-refractivity contribution in [1.82, 2.24) is 15.0 Å². The van der Waals surface area contributed by atoms with Gasteiger partial charge in [-0.25, -0.2) is 9.97 Å². The molecule has 13 heavy (non-hydrogen) atoms. The zero-order valence-electron chi connectivity index (χ0n) is 7.07. The first kappa shape index (κ1) is 7.94. The van der Waals surface area contributed by atoms with Crippen LogP contribution in [0.5, 0.6) is 0 Å². The van der Waals surface area contributed by atoms with Gasteiger partial charge >= 0.3 is 0 Å². The predicted molar refractivity (Wildman–Crippen MR) is 49.7 cm³/mol. The number of nitrogens with one attached hydrogen (secondary N) is 1. The smallest absolute Gasteiger partial charge is 0.142 e. The van der Waals surface area contributed by atoms with Gasteiger partial charge in [-0.3, -0.25) is 0 Å². The van der Waals surface area contributed by atoms with Crippen molar-refractivity contribution in [3.8, 4) is 11.4 Å². The molecule has 4 nitrogen and oxygen atoms in total. The normalized spacial score (nSPS) is 10.2. The van der Waals surface area contributed by atoms with Gasteiger partial charge in [0.1, 0.15) is 5.82 Å². The van der Waals surface area contributed by atoms with Crippen LogP contribution in [0, 0.1) is 0 Å². The molecular formula is C9H10N4. The minimum absolute atomic E-state index is 0.370. The number of hydrogen-bond donors (Lipinski definition) is 2. The molecule has 0 aliphatic heterocycles. The van der Waals surface area contributed by atoms with E-state index in [-0.39, 0.29) is 0 Å². The molecule has 2 aromatic rings. The lowest BCUT2D eigenvalue weighted by molar-refractivity contribution is 0.910. The quantitative estimate of drug-likeness (QED) is 0.711. The highest BCUT2D eigenvalue weighted by atomic mass is 14.9. The fourth-order valence-corrected chi connectivity index (χ4v) is 1.14. The Morgan fingerprint density at radius 1 is 1.38 bits per heavy atom. The lowest BCUT2D eigenvalue weighted by atomic mass is 10.3. The molecule has 0 radical (unpaired) electrons. The number of aromatic amines is 1. The molecule has 4 heteroatoms. The zero-order valence-corrected chi connectivity index (χ0v) is 7.07. The topological polar surface area (TPSA) is 67.6 Å². The number of nitrogens with zero attached hydrogens (tertiary/aromatic N) is 2. The molecule has 0 spiro atoms. The summed E-state index contributed by atoms with van der Waals surface area (Å²) < 4.78 is 0. The lowest BCUT2D eigenvalue weighted by Crippen LogP contribution is -2.02. The van der Waals surface area contributed by atoms with Crippen LogP contribution in [-0.2, 0) is 6.54 Å². The lowest BCUT2D eigenvalue weighted by Gasteiger charge is -1.98. The first-order chi connectivity index (χ1) is 6.40. The van der Waals surface area contributed by atoms with Crippen LogP contribution >= 0.6 is 0 Å². The van der Waals surface area contributed by atoms with Crippen molar-refractivity contribution in [2.75, 3.05) is 0 Å². The summed E-state index contributed by atoms with van der Waals surface area (Å²) in [5, 5.41) is 0. The number of rotatable bonds is 2. The molecular weight excluding hydrogens is 164 g/mol. The summed E-state index contributed by atoms with van der Waals surface area (Å²) in [7, 11) is 0. The molecule has 2 aromatic heterocycles. The average molecular weight is 174 g/mol. The summed E-state index contributed by atoms with van der Waals surface area (Å²) in [6, 6.07) is 5.74. The van der Waals surface area contributed by atoms with E-state index >= 15 is 0 Å². The van der Waals surface area contributed by atoms with E-state index in [4.69, 9.17) is 5.73 Å². The molecule has 2 rings (SSSR count). The van der Waals surface area contributed by atoms with Crippen molar-refractivity contribution < 1.29 is 0 Å². The van der Waals surface area contributed by atoms with Crippen LogP contribution in [0.2, 0.25) is 0 Å². The molecule has 2 heterocycles. The molecule has 0 saturated heterocycles. The second kappa shape index (κ2) is 3.37. The van der Waals surface area contributed by atoms with Crippen molar-refractivity contribution in [2.45, 2.75) is 6.54 Å². The average Bonchev–Trinajstić information content (AvgIpc) is 2.71. The van der Waals surface area contributed by atoms with Gasteiger partial charge in [-0.05, 0) is 18.2 Å². The number of aromatic nitrogens is 3. The Kier molecular flexibility index (Phi) is 2.06. The van der Waals surface area contributed by atoms with Gasteiger partial charge < -0.3 is 10.7 Å². The van der Waals surface area contributed by atoms with E-state index in [1.165, 1.54) is 0 Å².